The maximum Gasteiger partial charge on any atom is 0.0694 e. The first kappa shape index (κ1) is 17.3. The van der Waals surface area contributed by atoms with Crippen LogP contribution in [0.2, 0.25) is 0 Å². The molecule has 2 aliphatic rings. The van der Waals surface area contributed by atoms with Crippen molar-refractivity contribution in [3.8, 4) is 0 Å². The Balaban J connectivity index is 2.48. The topological polar surface area (TPSA) is 20.2 Å². The van der Waals surface area contributed by atoms with Crippen LogP contribution in [0, 0.1) is 11.3 Å². The molecule has 2 atom stereocenters. The molecule has 2 aliphatic carbocycles. The zero-order chi connectivity index (χ0) is 16.5. The molecule has 0 aliphatic heterocycles. The first-order valence-corrected chi connectivity index (χ1v) is 8.55. The Kier molecular flexibility index (Phi) is 4.87. The molecule has 1 saturated carbocycles. The van der Waals surface area contributed by atoms with E-state index in [2.05, 4.69) is 45.6 Å². The summed E-state index contributed by atoms with van der Waals surface area (Å²) >= 11 is 0. The van der Waals surface area contributed by atoms with E-state index in [1.807, 2.05) is 13.8 Å². The largest absolute Gasteiger partial charge is 0.390 e. The van der Waals surface area contributed by atoms with Crippen LogP contribution in [-0.2, 0) is 0 Å². The third-order valence-electron chi connectivity index (χ3n) is 5.32. The van der Waals surface area contributed by atoms with E-state index in [1.165, 1.54) is 22.3 Å². The van der Waals surface area contributed by atoms with Gasteiger partial charge in [-0.2, -0.15) is 0 Å². The summed E-state index contributed by atoms with van der Waals surface area (Å²) in [6, 6.07) is 0. The predicted octanol–water partition coefficient (Wildman–Crippen LogP) is 5.73. The van der Waals surface area contributed by atoms with Gasteiger partial charge in [0.05, 0.1) is 5.60 Å². The number of aliphatic hydroxyl groups is 1. The van der Waals surface area contributed by atoms with E-state index in [9.17, 15) is 5.11 Å². The van der Waals surface area contributed by atoms with Crippen molar-refractivity contribution < 1.29 is 5.11 Å². The third kappa shape index (κ3) is 3.63. The van der Waals surface area contributed by atoms with Gasteiger partial charge in [0.25, 0.3) is 0 Å². The minimum Gasteiger partial charge on any atom is -0.390 e. The van der Waals surface area contributed by atoms with E-state index in [4.69, 9.17) is 0 Å². The van der Waals surface area contributed by atoms with Crippen LogP contribution in [0.25, 0.3) is 0 Å². The molecule has 22 heavy (non-hydrogen) atoms. The van der Waals surface area contributed by atoms with E-state index in [0.717, 1.165) is 32.1 Å². The molecule has 0 aromatic heterocycles. The molecule has 0 aromatic carbocycles. The lowest BCUT2D eigenvalue weighted by Gasteiger charge is -2.32. The van der Waals surface area contributed by atoms with Crippen LogP contribution in [0.3, 0.4) is 0 Å². The van der Waals surface area contributed by atoms with Gasteiger partial charge in [0, 0.05) is 5.92 Å². The van der Waals surface area contributed by atoms with Crippen molar-refractivity contribution in [3.63, 3.8) is 0 Å². The highest BCUT2D eigenvalue weighted by Crippen LogP contribution is 2.55. The van der Waals surface area contributed by atoms with Gasteiger partial charge in [-0.25, -0.2) is 0 Å². The lowest BCUT2D eigenvalue weighted by atomic mass is 9.75. The summed E-state index contributed by atoms with van der Waals surface area (Å²) in [7, 11) is 0. The van der Waals surface area contributed by atoms with Gasteiger partial charge in [-0.1, -0.05) is 54.0 Å². The lowest BCUT2D eigenvalue weighted by Crippen LogP contribution is -2.32. The summed E-state index contributed by atoms with van der Waals surface area (Å²) in [5.74, 6) is 0.0831. The van der Waals surface area contributed by atoms with Crippen LogP contribution in [-0.4, -0.2) is 10.7 Å². The Bertz CT molecular complexity index is 539. The van der Waals surface area contributed by atoms with Crippen LogP contribution in [0.15, 0.2) is 47.1 Å². The van der Waals surface area contributed by atoms with Crippen LogP contribution >= 0.6 is 0 Å². The maximum absolute atomic E-state index is 10.7. The molecule has 0 bridgehead atoms. The maximum atomic E-state index is 10.7. The van der Waals surface area contributed by atoms with Gasteiger partial charge in [-0.15, -0.1) is 0 Å². The van der Waals surface area contributed by atoms with Gasteiger partial charge >= 0.3 is 0 Å². The van der Waals surface area contributed by atoms with Crippen molar-refractivity contribution in [2.45, 2.75) is 72.3 Å². The van der Waals surface area contributed by atoms with E-state index >= 15 is 0 Å². The van der Waals surface area contributed by atoms with Gasteiger partial charge in [-0.3, -0.25) is 0 Å². The van der Waals surface area contributed by atoms with Gasteiger partial charge < -0.3 is 5.11 Å². The molecule has 1 nitrogen and oxygen atoms in total. The third-order valence-corrected chi connectivity index (χ3v) is 5.32. The summed E-state index contributed by atoms with van der Waals surface area (Å²) < 4.78 is 0. The molecule has 1 fully saturated rings. The number of rotatable bonds is 1. The minimum atomic E-state index is -0.739. The Morgan fingerprint density at radius 2 is 1.86 bits per heavy atom. The van der Waals surface area contributed by atoms with Gasteiger partial charge in [0.2, 0.25) is 0 Å². The van der Waals surface area contributed by atoms with Gasteiger partial charge in [0.1, 0.15) is 0 Å². The fraction of sp³-hybridized carbons (Fsp3) is 0.619. The molecule has 0 aromatic rings. The van der Waals surface area contributed by atoms with Crippen molar-refractivity contribution in [3.05, 3.63) is 47.1 Å². The molecule has 2 rings (SSSR count). The summed E-state index contributed by atoms with van der Waals surface area (Å²) in [6.07, 6.45) is 12.5. The SMILES string of the molecule is C=C1C[C@]2(C)C/C=C(\C)CC/C=C(\C)CC=C2[C@@H]1C(C)(C)O. The Labute approximate surface area is 136 Å². The Morgan fingerprint density at radius 3 is 2.50 bits per heavy atom. The molecule has 1 heteroatoms. The van der Waals surface area contributed by atoms with Crippen molar-refractivity contribution >= 4 is 0 Å². The molecule has 0 spiro atoms. The van der Waals surface area contributed by atoms with E-state index in [-0.39, 0.29) is 11.3 Å². The first-order valence-electron chi connectivity index (χ1n) is 8.55. The average molecular weight is 300 g/mol. The van der Waals surface area contributed by atoms with Crippen LogP contribution in [0.5, 0.6) is 0 Å². The normalized spacial score (nSPS) is 35.6. The first-order chi connectivity index (χ1) is 10.1. The summed E-state index contributed by atoms with van der Waals surface area (Å²) in [4.78, 5) is 0. The van der Waals surface area contributed by atoms with Gasteiger partial charge in [0.15, 0.2) is 0 Å². The molecular formula is C21H32O. The van der Waals surface area contributed by atoms with Crippen molar-refractivity contribution in [1.29, 1.82) is 0 Å². The van der Waals surface area contributed by atoms with Crippen molar-refractivity contribution in [2.75, 3.05) is 0 Å². The van der Waals surface area contributed by atoms with E-state index in [0.29, 0.717) is 0 Å². The summed E-state index contributed by atoms with van der Waals surface area (Å²) in [6.45, 7) is 14.9. The molecule has 0 unspecified atom stereocenters. The lowest BCUT2D eigenvalue weighted by molar-refractivity contribution is 0.0470. The number of fused-ring (bicyclic) bond motifs is 1. The van der Waals surface area contributed by atoms with Crippen molar-refractivity contribution in [2.24, 2.45) is 11.3 Å². The second kappa shape index (κ2) is 6.20. The molecular weight excluding hydrogens is 268 g/mol. The fourth-order valence-electron chi connectivity index (χ4n) is 4.11. The van der Waals surface area contributed by atoms with E-state index in [1.54, 1.807) is 0 Å². The number of hydrogen-bond acceptors (Lipinski definition) is 1. The average Bonchev–Trinajstić information content (AvgIpc) is 2.63. The zero-order valence-corrected chi connectivity index (χ0v) is 15.0. The van der Waals surface area contributed by atoms with Crippen LogP contribution in [0.4, 0.5) is 0 Å². The highest BCUT2D eigenvalue weighted by Gasteiger charge is 2.47. The monoisotopic (exact) mass is 300 g/mol. The molecule has 0 saturated heterocycles. The quantitative estimate of drug-likeness (QED) is 0.613. The number of allylic oxidation sites excluding steroid dienone is 5. The Hall–Kier alpha value is -1.08. The van der Waals surface area contributed by atoms with E-state index < -0.39 is 5.60 Å². The predicted molar refractivity (Wildman–Crippen MR) is 95.7 cm³/mol. The summed E-state index contributed by atoms with van der Waals surface area (Å²) in [5, 5.41) is 10.7. The summed E-state index contributed by atoms with van der Waals surface area (Å²) in [5.41, 5.74) is 4.85. The molecule has 1 N–H and O–H groups in total. The van der Waals surface area contributed by atoms with Gasteiger partial charge in [-0.05, 0) is 65.2 Å². The molecule has 0 heterocycles. The molecule has 0 radical (unpaired) electrons. The standard InChI is InChI=1S/C21H32O/c1-15-8-7-9-16(2)12-13-21(6)14-17(3)19(20(4,5)22)18(21)11-10-15/h8,11-12,19,22H,3,7,9-10,13-14H2,1-2,4-6H3/b15-8+,16-12+,18-11?/t19-,21+/m1/s1. The minimum absolute atomic E-state index is 0.0831. The smallest absolute Gasteiger partial charge is 0.0694 e. The fourth-order valence-corrected chi connectivity index (χ4v) is 4.11. The molecule has 122 valence electrons. The molecule has 0 amide bonds. The van der Waals surface area contributed by atoms with Crippen LogP contribution in [0.1, 0.15) is 66.7 Å². The number of hydrogen-bond donors (Lipinski definition) is 1. The second-order valence-electron chi connectivity index (χ2n) is 8.19. The highest BCUT2D eigenvalue weighted by atomic mass is 16.3. The second-order valence-corrected chi connectivity index (χ2v) is 8.19. The van der Waals surface area contributed by atoms with Crippen LogP contribution < -0.4 is 0 Å². The Morgan fingerprint density at radius 1 is 1.18 bits per heavy atom. The van der Waals surface area contributed by atoms with Crippen molar-refractivity contribution in [1.82, 2.24) is 0 Å². The zero-order valence-electron chi connectivity index (χ0n) is 15.0. The highest BCUT2D eigenvalue weighted by molar-refractivity contribution is 5.39.